The largest absolute Gasteiger partial charge is 0.310 e. The van der Waals surface area contributed by atoms with Crippen LogP contribution in [0.15, 0.2) is 249 Å². The fourth-order valence-electron chi connectivity index (χ4n) is 10.6. The molecule has 10 aromatic carbocycles. The lowest BCUT2D eigenvalue weighted by Crippen LogP contribution is -2.10. The molecule has 67 heavy (non-hydrogen) atoms. The monoisotopic (exact) mass is 856 g/mol. The summed E-state index contributed by atoms with van der Waals surface area (Å²) in [6, 6.07) is 90.6. The lowest BCUT2D eigenvalue weighted by atomic mass is 9.98. The Kier molecular flexibility index (Phi) is 9.04. The normalized spacial score (nSPS) is 11.7. The third-order valence-electron chi connectivity index (χ3n) is 13.5. The first kappa shape index (κ1) is 38.6. The Balaban J connectivity index is 1.09. The van der Waals surface area contributed by atoms with Gasteiger partial charge in [-0.2, -0.15) is 0 Å². The summed E-state index contributed by atoms with van der Waals surface area (Å²) in [4.78, 5) is 2.40. The molecule has 0 bridgehead atoms. The zero-order valence-corrected chi connectivity index (χ0v) is 37.0. The average Bonchev–Trinajstić information content (AvgIpc) is 4.04. The summed E-state index contributed by atoms with van der Waals surface area (Å²) in [5.74, 6) is 0. The van der Waals surface area contributed by atoms with E-state index in [0.717, 1.165) is 50.7 Å². The van der Waals surface area contributed by atoms with Crippen molar-refractivity contribution < 1.29 is 0 Å². The van der Waals surface area contributed by atoms with Gasteiger partial charge in [-0.15, -0.1) is 0 Å². The molecule has 0 aliphatic carbocycles. The van der Waals surface area contributed by atoms with Gasteiger partial charge in [0.2, 0.25) is 0 Å². The molecule has 0 aliphatic rings. The summed E-state index contributed by atoms with van der Waals surface area (Å²) in [6.07, 6.45) is 0. The van der Waals surface area contributed by atoms with E-state index in [0.29, 0.717) is 0 Å². The molecule has 0 aliphatic heterocycles. The molecule has 0 amide bonds. The summed E-state index contributed by atoms with van der Waals surface area (Å²) in [6.45, 7) is 2.14. The first-order chi connectivity index (χ1) is 33.2. The zero-order valence-electron chi connectivity index (χ0n) is 37.0. The SMILES string of the molecule is Cc1ccc(-n2c3ccccc3c3cc(N(c4ccccc4)c4cccc(-n5c6ccccc6c6ccc7c(-c8ccccc8)c(-c8ccccc8)n(-c8ccccc8)c7c65)c4)ccc32)cc1. The Morgan fingerprint density at radius 2 is 0.806 bits per heavy atom. The highest BCUT2D eigenvalue weighted by Gasteiger charge is 2.27. The number of rotatable bonds is 8. The van der Waals surface area contributed by atoms with Crippen molar-refractivity contribution in [3.05, 3.63) is 254 Å². The van der Waals surface area contributed by atoms with Crippen molar-refractivity contribution in [2.45, 2.75) is 6.92 Å². The molecule has 0 unspecified atom stereocenters. The predicted octanol–water partition coefficient (Wildman–Crippen LogP) is 16.9. The molecular formula is C63H44N4. The second-order valence-corrected chi connectivity index (χ2v) is 17.4. The maximum atomic E-state index is 2.51. The molecular weight excluding hydrogens is 813 g/mol. The number of nitrogens with zero attached hydrogens (tertiary/aromatic N) is 4. The highest BCUT2D eigenvalue weighted by molar-refractivity contribution is 6.22. The minimum Gasteiger partial charge on any atom is -0.310 e. The van der Waals surface area contributed by atoms with E-state index in [1.165, 1.54) is 65.9 Å². The van der Waals surface area contributed by atoms with Crippen LogP contribution in [0.5, 0.6) is 0 Å². The molecule has 4 nitrogen and oxygen atoms in total. The van der Waals surface area contributed by atoms with Crippen LogP contribution in [0.1, 0.15) is 5.56 Å². The van der Waals surface area contributed by atoms with Crippen molar-refractivity contribution in [2.24, 2.45) is 0 Å². The fourth-order valence-corrected chi connectivity index (χ4v) is 10.6. The van der Waals surface area contributed by atoms with Gasteiger partial charge in [-0.05, 0) is 103 Å². The summed E-state index contributed by atoms with van der Waals surface area (Å²) >= 11 is 0. The molecule has 0 saturated heterocycles. The topological polar surface area (TPSA) is 18.0 Å². The predicted molar refractivity (Wildman–Crippen MR) is 282 cm³/mol. The van der Waals surface area contributed by atoms with Crippen molar-refractivity contribution >= 4 is 71.6 Å². The molecule has 4 heteroatoms. The quantitative estimate of drug-likeness (QED) is 0.149. The molecule has 0 atom stereocenters. The van der Waals surface area contributed by atoms with Crippen LogP contribution in [0.4, 0.5) is 17.1 Å². The van der Waals surface area contributed by atoms with Crippen LogP contribution in [-0.2, 0) is 0 Å². The lowest BCUT2D eigenvalue weighted by Gasteiger charge is -2.26. The summed E-state index contributed by atoms with van der Waals surface area (Å²) in [5.41, 5.74) is 18.4. The van der Waals surface area contributed by atoms with Crippen LogP contribution < -0.4 is 4.90 Å². The lowest BCUT2D eigenvalue weighted by molar-refractivity contribution is 1.12. The van der Waals surface area contributed by atoms with E-state index in [1.807, 2.05) is 0 Å². The number of benzene rings is 10. The summed E-state index contributed by atoms with van der Waals surface area (Å²) in [5, 5.41) is 6.05. The number of hydrogen-bond acceptors (Lipinski definition) is 1. The standard InChI is InChI=1S/C63H44N4/c1-43-33-35-48(36-34-43)65-57-31-16-15-30-53(57)56-42-51(37-40-59(56)65)64(46-23-10-4-11-24-46)49-27-18-28-50(41-49)66-58-32-17-14-29-52(58)54-38-39-55-60(44-19-6-2-7-20-44)61(45-21-8-3-9-22-45)67(63(55)62(54)66)47-25-12-5-13-26-47/h2-42H,1H3. The van der Waals surface area contributed by atoms with E-state index in [2.05, 4.69) is 274 Å². The maximum Gasteiger partial charge on any atom is 0.0789 e. The van der Waals surface area contributed by atoms with E-state index < -0.39 is 0 Å². The fraction of sp³-hybridized carbons (Fsp3) is 0.0159. The van der Waals surface area contributed by atoms with Crippen molar-refractivity contribution in [1.29, 1.82) is 0 Å². The van der Waals surface area contributed by atoms with Crippen LogP contribution in [0.3, 0.4) is 0 Å². The number of para-hydroxylation sites is 4. The number of fused-ring (bicyclic) bond motifs is 8. The molecule has 316 valence electrons. The molecule has 0 saturated carbocycles. The molecule has 3 aromatic heterocycles. The van der Waals surface area contributed by atoms with E-state index in [4.69, 9.17) is 0 Å². The van der Waals surface area contributed by atoms with Crippen molar-refractivity contribution in [1.82, 2.24) is 13.7 Å². The summed E-state index contributed by atoms with van der Waals surface area (Å²) < 4.78 is 7.40. The minimum atomic E-state index is 1.07. The highest BCUT2D eigenvalue weighted by atomic mass is 15.1. The molecule has 0 spiro atoms. The number of hydrogen-bond donors (Lipinski definition) is 0. The molecule has 13 rings (SSSR count). The van der Waals surface area contributed by atoms with E-state index >= 15 is 0 Å². The van der Waals surface area contributed by atoms with Gasteiger partial charge in [-0.1, -0.05) is 169 Å². The van der Waals surface area contributed by atoms with E-state index in [1.54, 1.807) is 0 Å². The van der Waals surface area contributed by atoms with Gasteiger partial charge in [-0.3, -0.25) is 0 Å². The Hall–Kier alpha value is -8.86. The van der Waals surface area contributed by atoms with Crippen molar-refractivity contribution in [3.8, 4) is 39.4 Å². The Labute approximate surface area is 389 Å². The number of aryl methyl sites for hydroxylation is 1. The molecule has 0 radical (unpaired) electrons. The van der Waals surface area contributed by atoms with Gasteiger partial charge in [0.15, 0.2) is 0 Å². The van der Waals surface area contributed by atoms with Crippen LogP contribution in [0.25, 0.3) is 94.0 Å². The van der Waals surface area contributed by atoms with Gasteiger partial charge in [0, 0.05) is 66.6 Å². The van der Waals surface area contributed by atoms with Crippen LogP contribution in [0, 0.1) is 6.92 Å². The van der Waals surface area contributed by atoms with Gasteiger partial charge < -0.3 is 18.6 Å². The molecule has 3 heterocycles. The van der Waals surface area contributed by atoms with E-state index in [9.17, 15) is 0 Å². The van der Waals surface area contributed by atoms with Crippen LogP contribution >= 0.6 is 0 Å². The van der Waals surface area contributed by atoms with Gasteiger partial charge in [0.1, 0.15) is 0 Å². The molecule has 13 aromatic rings. The van der Waals surface area contributed by atoms with Gasteiger partial charge >= 0.3 is 0 Å². The van der Waals surface area contributed by atoms with Gasteiger partial charge in [0.05, 0.1) is 33.3 Å². The molecule has 0 N–H and O–H groups in total. The smallest absolute Gasteiger partial charge is 0.0789 e. The van der Waals surface area contributed by atoms with Gasteiger partial charge in [-0.25, -0.2) is 0 Å². The second-order valence-electron chi connectivity index (χ2n) is 17.4. The Morgan fingerprint density at radius 3 is 1.52 bits per heavy atom. The first-order valence-corrected chi connectivity index (χ1v) is 23.0. The maximum absolute atomic E-state index is 2.51. The average molecular weight is 857 g/mol. The zero-order chi connectivity index (χ0) is 44.4. The minimum absolute atomic E-state index is 1.07. The third-order valence-corrected chi connectivity index (χ3v) is 13.5. The highest BCUT2D eigenvalue weighted by Crippen LogP contribution is 2.48. The number of aromatic nitrogens is 3. The third kappa shape index (κ3) is 6.22. The Bertz CT molecular complexity index is 3960. The van der Waals surface area contributed by atoms with Crippen LogP contribution in [0.2, 0.25) is 0 Å². The summed E-state index contributed by atoms with van der Waals surface area (Å²) in [7, 11) is 0. The van der Waals surface area contributed by atoms with Gasteiger partial charge in [0.25, 0.3) is 0 Å². The van der Waals surface area contributed by atoms with E-state index in [-0.39, 0.29) is 0 Å². The van der Waals surface area contributed by atoms with Crippen LogP contribution in [-0.4, -0.2) is 13.7 Å². The number of anilines is 3. The second kappa shape index (κ2) is 15.7. The van der Waals surface area contributed by atoms with Crippen molar-refractivity contribution in [3.63, 3.8) is 0 Å². The first-order valence-electron chi connectivity index (χ1n) is 23.0. The van der Waals surface area contributed by atoms with Crippen molar-refractivity contribution in [2.75, 3.05) is 4.90 Å². The Morgan fingerprint density at radius 1 is 0.299 bits per heavy atom. The molecule has 0 fully saturated rings.